The Bertz CT molecular complexity index is 269. The minimum Gasteiger partial charge on any atom is -0.477 e. The van der Waals surface area contributed by atoms with Crippen molar-refractivity contribution in [3.8, 4) is 5.88 Å². The van der Waals surface area contributed by atoms with Crippen molar-refractivity contribution in [2.24, 2.45) is 0 Å². The topological polar surface area (TPSA) is 22.1 Å². The van der Waals surface area contributed by atoms with Gasteiger partial charge in [0.25, 0.3) is 0 Å². The van der Waals surface area contributed by atoms with Gasteiger partial charge in [0.2, 0.25) is 5.88 Å². The van der Waals surface area contributed by atoms with Crippen molar-refractivity contribution in [2.75, 3.05) is 6.61 Å². The van der Waals surface area contributed by atoms with Crippen LogP contribution in [0.15, 0.2) is 6.07 Å². The molecule has 1 aliphatic heterocycles. The third-order valence-electron chi connectivity index (χ3n) is 1.80. The summed E-state index contributed by atoms with van der Waals surface area (Å²) in [4.78, 5) is 4.20. The highest BCUT2D eigenvalue weighted by atomic mass is 35.5. The second kappa shape index (κ2) is 2.38. The van der Waals surface area contributed by atoms with Gasteiger partial charge in [-0.15, -0.1) is 0 Å². The van der Waals surface area contributed by atoms with E-state index in [1.54, 1.807) is 0 Å². The largest absolute Gasteiger partial charge is 0.477 e. The second-order valence-electron chi connectivity index (χ2n) is 2.62. The molecule has 0 radical (unpaired) electrons. The third kappa shape index (κ3) is 1.07. The summed E-state index contributed by atoms with van der Waals surface area (Å²) < 4.78 is 5.26. The predicted octanol–water partition coefficient (Wildman–Crippen LogP) is 1.98. The molecule has 11 heavy (non-hydrogen) atoms. The molecule has 0 bridgehead atoms. The highest BCUT2D eigenvalue weighted by Crippen LogP contribution is 2.27. The lowest BCUT2D eigenvalue weighted by molar-refractivity contribution is 0.344. The highest BCUT2D eigenvalue weighted by Gasteiger charge is 2.14. The van der Waals surface area contributed by atoms with Crippen LogP contribution in [0.3, 0.4) is 0 Å². The van der Waals surface area contributed by atoms with Crippen LogP contribution in [0.4, 0.5) is 0 Å². The van der Waals surface area contributed by atoms with Crippen molar-refractivity contribution in [1.82, 2.24) is 4.98 Å². The number of ether oxygens (including phenoxy) is 1. The van der Waals surface area contributed by atoms with E-state index < -0.39 is 0 Å². The number of aromatic nitrogens is 1. The van der Waals surface area contributed by atoms with Crippen molar-refractivity contribution < 1.29 is 4.74 Å². The van der Waals surface area contributed by atoms with Gasteiger partial charge in [-0.3, -0.25) is 0 Å². The summed E-state index contributed by atoms with van der Waals surface area (Å²) in [5.41, 5.74) is 1.97. The van der Waals surface area contributed by atoms with Crippen LogP contribution < -0.4 is 4.74 Å². The molecule has 0 saturated carbocycles. The molecule has 0 fully saturated rings. The van der Waals surface area contributed by atoms with Gasteiger partial charge in [-0.25, -0.2) is 4.98 Å². The van der Waals surface area contributed by atoms with E-state index in [0.29, 0.717) is 0 Å². The fourth-order valence-corrected chi connectivity index (χ4v) is 1.33. The van der Waals surface area contributed by atoms with Gasteiger partial charge in [0.05, 0.1) is 17.3 Å². The first kappa shape index (κ1) is 6.92. The normalized spacial score (nSPS) is 14.4. The van der Waals surface area contributed by atoms with E-state index in [1.165, 1.54) is 0 Å². The molecule has 0 spiro atoms. The van der Waals surface area contributed by atoms with Crippen molar-refractivity contribution >= 4 is 11.6 Å². The fraction of sp³-hybridized carbons (Fsp3) is 0.375. The van der Waals surface area contributed by atoms with E-state index in [9.17, 15) is 0 Å². The van der Waals surface area contributed by atoms with Crippen molar-refractivity contribution in [3.63, 3.8) is 0 Å². The predicted molar refractivity (Wildman–Crippen MR) is 43.2 cm³/mol. The summed E-state index contributed by atoms with van der Waals surface area (Å²) in [6.45, 7) is 2.62. The van der Waals surface area contributed by atoms with Crippen molar-refractivity contribution in [2.45, 2.75) is 13.3 Å². The molecule has 0 N–H and O–H groups in total. The van der Waals surface area contributed by atoms with E-state index in [4.69, 9.17) is 16.3 Å². The lowest BCUT2D eigenvalue weighted by atomic mass is 10.2. The summed E-state index contributed by atoms with van der Waals surface area (Å²) in [7, 11) is 0. The smallest absolute Gasteiger partial charge is 0.216 e. The van der Waals surface area contributed by atoms with E-state index in [-0.39, 0.29) is 0 Å². The molecule has 3 heteroatoms. The minimum absolute atomic E-state index is 0.731. The minimum atomic E-state index is 0.731. The molecule has 1 aromatic rings. The summed E-state index contributed by atoms with van der Waals surface area (Å²) in [6, 6.07) is 1.94. The maximum Gasteiger partial charge on any atom is 0.216 e. The first-order chi connectivity index (χ1) is 5.27. The zero-order valence-electron chi connectivity index (χ0n) is 6.22. The van der Waals surface area contributed by atoms with Gasteiger partial charge in [0.15, 0.2) is 0 Å². The molecule has 0 unspecified atom stereocenters. The molecular weight excluding hydrogens is 162 g/mol. The summed E-state index contributed by atoms with van der Waals surface area (Å²) in [6.07, 6.45) is 0.933. The molecule has 0 amide bonds. The van der Waals surface area contributed by atoms with Gasteiger partial charge in [-0.1, -0.05) is 11.6 Å². The van der Waals surface area contributed by atoms with Crippen LogP contribution in [0.2, 0.25) is 5.02 Å². The van der Waals surface area contributed by atoms with Crippen molar-refractivity contribution in [3.05, 3.63) is 22.3 Å². The van der Waals surface area contributed by atoms with Crippen LogP contribution >= 0.6 is 11.6 Å². The second-order valence-corrected chi connectivity index (χ2v) is 3.03. The first-order valence-electron chi connectivity index (χ1n) is 3.56. The van der Waals surface area contributed by atoms with E-state index in [2.05, 4.69) is 4.98 Å². The van der Waals surface area contributed by atoms with Gasteiger partial charge < -0.3 is 4.74 Å². The van der Waals surface area contributed by atoms with Crippen LogP contribution in [0.1, 0.15) is 11.3 Å². The van der Waals surface area contributed by atoms with Crippen molar-refractivity contribution in [1.29, 1.82) is 0 Å². The summed E-state index contributed by atoms with van der Waals surface area (Å²) >= 11 is 5.87. The third-order valence-corrected chi connectivity index (χ3v) is 2.18. The Morgan fingerprint density at radius 2 is 2.45 bits per heavy atom. The van der Waals surface area contributed by atoms with E-state index >= 15 is 0 Å². The fourth-order valence-electron chi connectivity index (χ4n) is 1.16. The number of aryl methyl sites for hydroxylation is 1. The van der Waals surface area contributed by atoms with E-state index in [1.807, 2.05) is 13.0 Å². The first-order valence-corrected chi connectivity index (χ1v) is 3.94. The van der Waals surface area contributed by atoms with Crippen LogP contribution in [0, 0.1) is 6.92 Å². The Kier molecular flexibility index (Phi) is 1.50. The Balaban J connectivity index is 2.57. The summed E-state index contributed by atoms with van der Waals surface area (Å²) in [5, 5.41) is 0.731. The average molecular weight is 170 g/mol. The summed E-state index contributed by atoms with van der Waals surface area (Å²) in [5.74, 6) is 0.756. The van der Waals surface area contributed by atoms with Gasteiger partial charge in [0.1, 0.15) is 0 Å². The Hall–Kier alpha value is -0.760. The molecule has 2 nitrogen and oxygen atoms in total. The monoisotopic (exact) mass is 169 g/mol. The Morgan fingerprint density at radius 1 is 1.64 bits per heavy atom. The van der Waals surface area contributed by atoms with Gasteiger partial charge in [-0.05, 0) is 13.0 Å². The highest BCUT2D eigenvalue weighted by molar-refractivity contribution is 6.31. The number of nitrogens with zero attached hydrogens (tertiary/aromatic N) is 1. The van der Waals surface area contributed by atoms with Crippen LogP contribution in [-0.4, -0.2) is 11.6 Å². The van der Waals surface area contributed by atoms with Gasteiger partial charge >= 0.3 is 0 Å². The zero-order chi connectivity index (χ0) is 7.84. The maximum absolute atomic E-state index is 5.87. The Morgan fingerprint density at radius 3 is 3.27 bits per heavy atom. The molecule has 2 heterocycles. The molecule has 2 rings (SSSR count). The zero-order valence-corrected chi connectivity index (χ0v) is 6.98. The number of hydrogen-bond acceptors (Lipinski definition) is 2. The van der Waals surface area contributed by atoms with Crippen LogP contribution in [0.5, 0.6) is 5.88 Å². The average Bonchev–Trinajstić information content (AvgIpc) is 2.36. The van der Waals surface area contributed by atoms with Crippen LogP contribution in [0.25, 0.3) is 0 Å². The standard InChI is InChI=1S/C8H8ClNO/c1-5-7(9)4-6-2-3-11-8(6)10-5/h4H,2-3H2,1H3. The van der Waals surface area contributed by atoms with Gasteiger partial charge in [0, 0.05) is 12.0 Å². The molecule has 0 aromatic carbocycles. The number of fused-ring (bicyclic) bond motifs is 1. The molecule has 1 aliphatic rings. The number of pyridine rings is 1. The number of rotatable bonds is 0. The molecular formula is C8H8ClNO. The lowest BCUT2D eigenvalue weighted by Gasteiger charge is -2.00. The molecule has 0 aliphatic carbocycles. The molecule has 0 saturated heterocycles. The SMILES string of the molecule is Cc1nc2c(cc1Cl)CCO2. The Labute approximate surface area is 70.2 Å². The lowest BCUT2D eigenvalue weighted by Crippen LogP contribution is -1.89. The molecule has 0 atom stereocenters. The van der Waals surface area contributed by atoms with Gasteiger partial charge in [-0.2, -0.15) is 0 Å². The molecule has 1 aromatic heterocycles. The molecule has 58 valence electrons. The maximum atomic E-state index is 5.87. The van der Waals surface area contributed by atoms with E-state index in [0.717, 1.165) is 35.2 Å². The number of hydrogen-bond donors (Lipinski definition) is 0. The number of halogens is 1. The van der Waals surface area contributed by atoms with Crippen LogP contribution in [-0.2, 0) is 6.42 Å². The quantitative estimate of drug-likeness (QED) is 0.593.